The molecule has 0 atom stereocenters. The molecule has 0 bridgehead atoms. The molecule has 0 fully saturated rings. The molecule has 0 radical (unpaired) electrons. The molecule has 0 heterocycles. The van der Waals surface area contributed by atoms with E-state index in [1.807, 2.05) is 0 Å². The summed E-state index contributed by atoms with van der Waals surface area (Å²) in [6, 6.07) is 22.1. The molecule has 5 rings (SSSR count). The van der Waals surface area contributed by atoms with Crippen LogP contribution in [0.2, 0.25) is 0 Å². The first-order chi connectivity index (χ1) is 21.3. The van der Waals surface area contributed by atoms with Gasteiger partial charge in [0.25, 0.3) is 25.9 Å². The van der Waals surface area contributed by atoms with Crippen molar-refractivity contribution in [3.63, 3.8) is 0 Å². The normalized spacial score (nSPS) is 12.2. The summed E-state index contributed by atoms with van der Waals surface area (Å²) in [5.41, 5.74) is 0.833. The number of non-ortho nitro benzene ring substituents is 1. The molecule has 0 saturated carbocycles. The van der Waals surface area contributed by atoms with Crippen LogP contribution in [0.25, 0.3) is 10.8 Å². The van der Waals surface area contributed by atoms with Crippen molar-refractivity contribution < 1.29 is 36.0 Å². The number of rotatable bonds is 9. The monoisotopic (exact) mass is 648 g/mol. The van der Waals surface area contributed by atoms with E-state index in [4.69, 9.17) is 0 Å². The van der Waals surface area contributed by atoms with Gasteiger partial charge in [0.05, 0.1) is 33.4 Å². The Hall–Kier alpha value is -5.62. The van der Waals surface area contributed by atoms with Gasteiger partial charge in [-0.2, -0.15) is 27.1 Å². The number of nitrogens with one attached hydrogen (secondary N) is 1. The molecule has 0 aliphatic heterocycles. The third-order valence-corrected chi connectivity index (χ3v) is 8.02. The van der Waals surface area contributed by atoms with E-state index in [1.165, 1.54) is 72.8 Å². The van der Waals surface area contributed by atoms with E-state index in [0.29, 0.717) is 22.4 Å². The highest BCUT2D eigenvalue weighted by molar-refractivity contribution is 7.86. The third kappa shape index (κ3) is 7.13. The molecule has 4 N–H and O–H groups in total. The largest absolute Gasteiger partial charge is 0.508 e. The first kappa shape index (κ1) is 30.8. The first-order valence-electron chi connectivity index (χ1n) is 12.6. The third-order valence-electron chi connectivity index (χ3n) is 6.23. The summed E-state index contributed by atoms with van der Waals surface area (Å²) in [6.07, 6.45) is 0. The van der Waals surface area contributed by atoms with Crippen molar-refractivity contribution in [3.8, 4) is 5.75 Å². The zero-order valence-corrected chi connectivity index (χ0v) is 24.2. The van der Waals surface area contributed by atoms with Crippen molar-refractivity contribution in [2.45, 2.75) is 9.79 Å². The van der Waals surface area contributed by atoms with Gasteiger partial charge < -0.3 is 10.4 Å². The number of anilines is 2. The quantitative estimate of drug-likeness (QED) is 0.0530. The molecule has 0 aromatic heterocycles. The van der Waals surface area contributed by atoms with Crippen LogP contribution in [0.4, 0.5) is 39.8 Å². The van der Waals surface area contributed by atoms with Gasteiger partial charge in [-0.1, -0.05) is 12.1 Å². The van der Waals surface area contributed by atoms with Gasteiger partial charge in [0.2, 0.25) is 0 Å². The molecule has 0 aliphatic rings. The molecular formula is C28H20N6O9S2. The van der Waals surface area contributed by atoms with E-state index in [2.05, 4.69) is 25.8 Å². The number of phenols is 1. The van der Waals surface area contributed by atoms with Gasteiger partial charge in [0.15, 0.2) is 0 Å². The molecule has 228 valence electrons. The van der Waals surface area contributed by atoms with E-state index >= 15 is 0 Å². The van der Waals surface area contributed by atoms with Crippen LogP contribution in [0, 0.1) is 10.1 Å². The minimum absolute atomic E-state index is 0.0319. The predicted octanol–water partition coefficient (Wildman–Crippen LogP) is 7.52. The molecule has 0 spiro atoms. The Morgan fingerprint density at radius 3 is 1.84 bits per heavy atom. The fourth-order valence-electron chi connectivity index (χ4n) is 4.18. The topological polar surface area (TPSA) is 234 Å². The van der Waals surface area contributed by atoms with Crippen LogP contribution in [0.5, 0.6) is 5.75 Å². The standard InChI is InChI=1S/C28H20N6O9S2/c35-21-11-8-19(9-12-21)31-33-25-15-14-23(22-2-1-3-26(28(22)25)44(38,39)40)32-30-18-6-4-17(5-7-18)29-24-13-10-20(34(36)37)16-27(24)45(41,42)43/h1-16,29,35H,(H,38,39,40)(H,41,42,43). The SMILES string of the molecule is O=[N+]([O-])c1ccc(Nc2ccc(N=Nc3ccc(N=Nc4ccc(O)cc4)c4c(S(=O)(=O)O)cccc34)cc2)c(S(=O)(=O)O)c1. The lowest BCUT2D eigenvalue weighted by molar-refractivity contribution is -0.385. The maximum absolute atomic E-state index is 12.2. The predicted molar refractivity (Wildman–Crippen MR) is 163 cm³/mol. The molecular weight excluding hydrogens is 628 g/mol. The Morgan fingerprint density at radius 1 is 0.667 bits per heavy atom. The summed E-state index contributed by atoms with van der Waals surface area (Å²) in [6.45, 7) is 0. The van der Waals surface area contributed by atoms with E-state index in [1.54, 1.807) is 6.07 Å². The summed E-state index contributed by atoms with van der Waals surface area (Å²) < 4.78 is 67.4. The number of nitrogens with zero attached hydrogens (tertiary/aromatic N) is 5. The van der Waals surface area contributed by atoms with Gasteiger partial charge in [-0.15, -0.1) is 10.2 Å². The van der Waals surface area contributed by atoms with Crippen LogP contribution in [0.3, 0.4) is 0 Å². The second kappa shape index (κ2) is 12.2. The van der Waals surface area contributed by atoms with Crippen molar-refractivity contribution in [2.24, 2.45) is 20.5 Å². The highest BCUT2D eigenvalue weighted by atomic mass is 32.2. The molecule has 17 heteroatoms. The fourth-order valence-corrected chi connectivity index (χ4v) is 5.57. The van der Waals surface area contributed by atoms with Crippen LogP contribution in [-0.4, -0.2) is 36.0 Å². The summed E-state index contributed by atoms with van der Waals surface area (Å²) in [5, 5.41) is 40.3. The number of hydrogen-bond donors (Lipinski definition) is 4. The molecule has 5 aromatic carbocycles. The zero-order valence-electron chi connectivity index (χ0n) is 22.6. The zero-order chi connectivity index (χ0) is 32.4. The lowest BCUT2D eigenvalue weighted by atomic mass is 10.1. The van der Waals surface area contributed by atoms with Crippen LogP contribution < -0.4 is 5.32 Å². The lowest BCUT2D eigenvalue weighted by Crippen LogP contribution is -2.04. The summed E-state index contributed by atoms with van der Waals surface area (Å²) in [4.78, 5) is 9.15. The van der Waals surface area contributed by atoms with Crippen molar-refractivity contribution in [1.82, 2.24) is 0 Å². The van der Waals surface area contributed by atoms with Gasteiger partial charge in [-0.05, 0) is 72.8 Å². The van der Waals surface area contributed by atoms with Gasteiger partial charge >= 0.3 is 0 Å². The number of hydrogen-bond acceptors (Lipinski definition) is 12. The number of nitro groups is 1. The molecule has 45 heavy (non-hydrogen) atoms. The number of fused-ring (bicyclic) bond motifs is 1. The summed E-state index contributed by atoms with van der Waals surface area (Å²) in [5.74, 6) is 0.0319. The maximum Gasteiger partial charge on any atom is 0.296 e. The van der Waals surface area contributed by atoms with E-state index in [-0.39, 0.29) is 28.2 Å². The van der Waals surface area contributed by atoms with E-state index in [9.17, 15) is 41.2 Å². The number of aromatic hydroxyl groups is 1. The van der Waals surface area contributed by atoms with Gasteiger partial charge in [0.1, 0.15) is 15.5 Å². The average Bonchev–Trinajstić information content (AvgIpc) is 2.99. The van der Waals surface area contributed by atoms with Crippen LogP contribution >= 0.6 is 0 Å². The van der Waals surface area contributed by atoms with Gasteiger partial charge in [0, 0.05) is 28.6 Å². The molecule has 0 saturated heterocycles. The summed E-state index contributed by atoms with van der Waals surface area (Å²) in [7, 11) is -9.46. The van der Waals surface area contributed by atoms with E-state index < -0.39 is 40.6 Å². The molecule has 0 aliphatic carbocycles. The van der Waals surface area contributed by atoms with Crippen LogP contribution in [0.15, 0.2) is 127 Å². The molecule has 5 aromatic rings. The van der Waals surface area contributed by atoms with Crippen molar-refractivity contribution >= 4 is 70.8 Å². The minimum Gasteiger partial charge on any atom is -0.508 e. The average molecular weight is 649 g/mol. The Bertz CT molecular complexity index is 2220. The number of benzene rings is 5. The Balaban J connectivity index is 1.46. The second-order valence-electron chi connectivity index (χ2n) is 9.26. The second-order valence-corrected chi connectivity index (χ2v) is 12.0. The Kier molecular flexibility index (Phi) is 8.34. The number of phenolic OH excluding ortho intramolecular Hbond substituents is 1. The lowest BCUT2D eigenvalue weighted by Gasteiger charge is -2.10. The minimum atomic E-state index is -4.79. The van der Waals surface area contributed by atoms with Gasteiger partial charge in [-0.3, -0.25) is 19.2 Å². The van der Waals surface area contributed by atoms with Crippen molar-refractivity contribution in [1.29, 1.82) is 0 Å². The van der Waals surface area contributed by atoms with Crippen LogP contribution in [0.1, 0.15) is 0 Å². The molecule has 0 unspecified atom stereocenters. The first-order valence-corrected chi connectivity index (χ1v) is 15.5. The van der Waals surface area contributed by atoms with Crippen molar-refractivity contribution in [3.05, 3.63) is 107 Å². The van der Waals surface area contributed by atoms with Crippen molar-refractivity contribution in [2.75, 3.05) is 5.32 Å². The van der Waals surface area contributed by atoms with E-state index in [0.717, 1.165) is 18.2 Å². The van der Waals surface area contributed by atoms with Gasteiger partial charge in [-0.25, -0.2) is 0 Å². The summed E-state index contributed by atoms with van der Waals surface area (Å²) >= 11 is 0. The molecule has 15 nitrogen and oxygen atoms in total. The Labute approximate surface area is 254 Å². The van der Waals surface area contributed by atoms with Crippen LogP contribution in [-0.2, 0) is 20.2 Å². The number of nitro benzene ring substituents is 1. The highest BCUT2D eigenvalue weighted by Crippen LogP contribution is 2.39. The maximum atomic E-state index is 12.2. The number of azo groups is 2. The smallest absolute Gasteiger partial charge is 0.296 e. The Morgan fingerprint density at radius 2 is 1.24 bits per heavy atom. The molecule has 0 amide bonds. The fraction of sp³-hybridized carbons (Fsp3) is 0. The highest BCUT2D eigenvalue weighted by Gasteiger charge is 2.21.